The highest BCUT2D eigenvalue weighted by Crippen LogP contribution is 2.43. The summed E-state index contributed by atoms with van der Waals surface area (Å²) in [6, 6.07) is 0. The molecule has 0 rings (SSSR count). The van der Waals surface area contributed by atoms with E-state index in [0.29, 0.717) is 6.42 Å². The molecule has 9 nitrogen and oxygen atoms in total. The van der Waals surface area contributed by atoms with Crippen LogP contribution >= 0.6 is 7.82 Å². The Bertz CT molecular complexity index is 1520. The van der Waals surface area contributed by atoms with Crippen molar-refractivity contribution in [1.29, 1.82) is 0 Å². The van der Waals surface area contributed by atoms with Crippen molar-refractivity contribution in [3.05, 3.63) is 72.9 Å². The molecule has 0 heterocycles. The van der Waals surface area contributed by atoms with E-state index in [0.717, 1.165) is 77.0 Å². The number of carbonyl (C=O) groups excluding carboxylic acids is 2. The quantitative estimate of drug-likeness (QED) is 0.0264. The first kappa shape index (κ1) is 76.5. The van der Waals surface area contributed by atoms with E-state index in [2.05, 4.69) is 86.8 Å². The highest BCUT2D eigenvalue weighted by Gasteiger charge is 2.26. The number of phosphoric ester groups is 1. The van der Waals surface area contributed by atoms with Gasteiger partial charge in [-0.15, -0.1) is 0 Å². The molecule has 0 saturated heterocycles. The summed E-state index contributed by atoms with van der Waals surface area (Å²) in [7, 11) is -4.39. The molecule has 10 heteroatoms. The van der Waals surface area contributed by atoms with Crippen molar-refractivity contribution in [2.75, 3.05) is 26.4 Å². The number of rotatable bonds is 63. The summed E-state index contributed by atoms with van der Waals surface area (Å²) >= 11 is 0. The van der Waals surface area contributed by atoms with Gasteiger partial charge in [0.15, 0.2) is 6.10 Å². The molecule has 2 unspecified atom stereocenters. The SMILES string of the molecule is CC/C=C\C/C=C\C/C=C\C/C=C\C/C=C\C/C=C\CCCCCCCCCCCCCCCCCCCCC(=O)OC(COC(=O)CCCCCCCCCCCCCCCCCCCCCCC)COP(=O)(O)OCCN. The van der Waals surface area contributed by atoms with Gasteiger partial charge in [0, 0.05) is 19.4 Å². The minimum absolute atomic E-state index is 0.0544. The number of esters is 2. The number of phosphoric acid groups is 1. The molecular weight excluding hydrogens is 1000 g/mol. The average Bonchev–Trinajstić information content (AvgIpc) is 3.44. The fraction of sp³-hybridized carbons (Fsp3) is 0.797. The van der Waals surface area contributed by atoms with Crippen LogP contribution in [0.5, 0.6) is 0 Å². The van der Waals surface area contributed by atoms with E-state index in [-0.39, 0.29) is 38.6 Å². The second kappa shape index (κ2) is 64.6. The van der Waals surface area contributed by atoms with Crippen LogP contribution in [0.25, 0.3) is 0 Å². The van der Waals surface area contributed by atoms with Gasteiger partial charge in [-0.05, 0) is 64.2 Å². The summed E-state index contributed by atoms with van der Waals surface area (Å²) in [6.45, 7) is 3.68. The molecule has 0 aromatic heterocycles. The van der Waals surface area contributed by atoms with Crippen LogP contribution in [0.3, 0.4) is 0 Å². The van der Waals surface area contributed by atoms with E-state index in [1.807, 2.05) is 0 Å². The molecule has 2 atom stereocenters. The molecule has 0 aliphatic heterocycles. The summed E-state index contributed by atoms with van der Waals surface area (Å²) in [5.41, 5.74) is 5.40. The normalized spacial score (nSPS) is 13.4. The largest absolute Gasteiger partial charge is 0.472 e. The second-order valence-electron chi connectivity index (χ2n) is 22.3. The van der Waals surface area contributed by atoms with Crippen LogP contribution in [-0.4, -0.2) is 49.3 Å². The smallest absolute Gasteiger partial charge is 0.462 e. The van der Waals surface area contributed by atoms with Gasteiger partial charge in [0.05, 0.1) is 13.2 Å². The lowest BCUT2D eigenvalue weighted by Crippen LogP contribution is -2.29. The third-order valence-electron chi connectivity index (χ3n) is 14.6. The van der Waals surface area contributed by atoms with Crippen LogP contribution in [0.4, 0.5) is 0 Å². The first-order chi connectivity index (χ1) is 38.8. The molecule has 0 spiro atoms. The maximum absolute atomic E-state index is 12.7. The Morgan fingerprint density at radius 1 is 0.392 bits per heavy atom. The predicted octanol–water partition coefficient (Wildman–Crippen LogP) is 21.6. The molecule has 0 radical (unpaired) electrons. The Labute approximate surface area is 488 Å². The fourth-order valence-corrected chi connectivity index (χ4v) is 10.5. The number of carbonyl (C=O) groups is 2. The van der Waals surface area contributed by atoms with Crippen LogP contribution in [0.1, 0.15) is 322 Å². The molecular formula is C69H126NO8P. The summed E-state index contributed by atoms with van der Waals surface area (Å²) < 4.78 is 33.1. The van der Waals surface area contributed by atoms with Gasteiger partial charge in [0.2, 0.25) is 0 Å². The van der Waals surface area contributed by atoms with Gasteiger partial charge in [-0.1, -0.05) is 318 Å². The first-order valence-corrected chi connectivity index (χ1v) is 34.9. The Balaban J connectivity index is 3.84. The van der Waals surface area contributed by atoms with Crippen molar-refractivity contribution >= 4 is 19.8 Å². The van der Waals surface area contributed by atoms with Gasteiger partial charge >= 0.3 is 19.8 Å². The molecule has 0 aliphatic carbocycles. The minimum Gasteiger partial charge on any atom is -0.462 e. The van der Waals surface area contributed by atoms with Crippen molar-refractivity contribution in [2.45, 2.75) is 328 Å². The topological polar surface area (TPSA) is 134 Å². The Morgan fingerprint density at radius 3 is 1.04 bits per heavy atom. The van der Waals surface area contributed by atoms with Crippen molar-refractivity contribution in [1.82, 2.24) is 0 Å². The number of unbranched alkanes of at least 4 members (excludes halogenated alkanes) is 38. The third-order valence-corrected chi connectivity index (χ3v) is 15.6. The van der Waals surface area contributed by atoms with Gasteiger partial charge < -0.3 is 20.1 Å². The molecule has 0 saturated carbocycles. The van der Waals surface area contributed by atoms with E-state index in [1.54, 1.807) is 0 Å². The van der Waals surface area contributed by atoms with Gasteiger partial charge in [-0.3, -0.25) is 18.6 Å². The maximum atomic E-state index is 12.7. The van der Waals surface area contributed by atoms with E-state index >= 15 is 0 Å². The standard InChI is InChI=1S/C69H126NO8P/c1-3-5-7-9-11-13-15-17-19-21-23-25-26-27-28-29-30-31-32-33-34-35-36-37-38-39-40-42-44-46-48-50-52-54-56-58-60-62-69(72)78-67(66-77-79(73,74)76-64-63-70)65-75-68(71)61-59-57-55-53-51-49-47-45-43-41-24-22-20-18-16-14-12-10-8-6-4-2/h5,7,11,13,17,19,23,25,27-28,30-31,67H,3-4,6,8-10,12,14-16,18,20-22,24,26,29,32-66,70H2,1-2H3,(H,73,74)/b7-5-,13-11-,19-17-,25-23-,28-27-,31-30-. The van der Waals surface area contributed by atoms with E-state index < -0.39 is 26.5 Å². The van der Waals surface area contributed by atoms with Crippen LogP contribution in [0.2, 0.25) is 0 Å². The number of allylic oxidation sites excluding steroid dienone is 12. The van der Waals surface area contributed by atoms with E-state index in [1.165, 1.54) is 212 Å². The van der Waals surface area contributed by atoms with Crippen molar-refractivity contribution < 1.29 is 37.6 Å². The van der Waals surface area contributed by atoms with Gasteiger partial charge in [-0.2, -0.15) is 0 Å². The van der Waals surface area contributed by atoms with E-state index in [4.69, 9.17) is 24.3 Å². The molecule has 3 N–H and O–H groups in total. The number of ether oxygens (including phenoxy) is 2. The summed E-state index contributed by atoms with van der Waals surface area (Å²) in [6.07, 6.45) is 84.2. The van der Waals surface area contributed by atoms with Crippen LogP contribution in [0.15, 0.2) is 72.9 Å². The maximum Gasteiger partial charge on any atom is 0.472 e. The summed E-state index contributed by atoms with van der Waals surface area (Å²) in [4.78, 5) is 35.3. The summed E-state index contributed by atoms with van der Waals surface area (Å²) in [5, 5.41) is 0. The molecule has 79 heavy (non-hydrogen) atoms. The lowest BCUT2D eigenvalue weighted by atomic mass is 10.0. The molecule has 0 aromatic carbocycles. The Hall–Kier alpha value is -2.55. The van der Waals surface area contributed by atoms with E-state index in [9.17, 15) is 19.0 Å². The average molecular weight is 1130 g/mol. The van der Waals surface area contributed by atoms with Crippen molar-refractivity contribution in [3.8, 4) is 0 Å². The number of nitrogens with two attached hydrogens (primary N) is 1. The molecule has 0 aromatic rings. The van der Waals surface area contributed by atoms with Crippen LogP contribution < -0.4 is 5.73 Å². The first-order valence-electron chi connectivity index (χ1n) is 33.4. The zero-order valence-corrected chi connectivity index (χ0v) is 52.5. The predicted molar refractivity (Wildman–Crippen MR) is 339 cm³/mol. The fourth-order valence-electron chi connectivity index (χ4n) is 9.70. The number of hydrogen-bond acceptors (Lipinski definition) is 8. The number of hydrogen-bond donors (Lipinski definition) is 2. The Kier molecular flexibility index (Phi) is 62.5. The highest BCUT2D eigenvalue weighted by molar-refractivity contribution is 7.47. The van der Waals surface area contributed by atoms with Crippen molar-refractivity contribution in [2.24, 2.45) is 5.73 Å². The summed E-state index contributed by atoms with van der Waals surface area (Å²) in [5.74, 6) is -0.810. The molecule has 460 valence electrons. The second-order valence-corrected chi connectivity index (χ2v) is 23.8. The van der Waals surface area contributed by atoms with Crippen LogP contribution in [0, 0.1) is 0 Å². The lowest BCUT2D eigenvalue weighted by Gasteiger charge is -2.19. The van der Waals surface area contributed by atoms with Crippen molar-refractivity contribution in [3.63, 3.8) is 0 Å². The Morgan fingerprint density at radius 2 is 0.696 bits per heavy atom. The molecule has 0 bridgehead atoms. The minimum atomic E-state index is -4.39. The van der Waals surface area contributed by atoms with Gasteiger partial charge in [-0.25, -0.2) is 4.57 Å². The zero-order chi connectivity index (χ0) is 57.3. The van der Waals surface area contributed by atoms with Gasteiger partial charge in [0.1, 0.15) is 6.61 Å². The van der Waals surface area contributed by atoms with Gasteiger partial charge in [0.25, 0.3) is 0 Å². The zero-order valence-electron chi connectivity index (χ0n) is 51.6. The monoisotopic (exact) mass is 1130 g/mol. The molecule has 0 fully saturated rings. The molecule has 0 amide bonds. The van der Waals surface area contributed by atoms with Crippen LogP contribution in [-0.2, 0) is 32.7 Å². The lowest BCUT2D eigenvalue weighted by molar-refractivity contribution is -0.161. The molecule has 0 aliphatic rings. The highest BCUT2D eigenvalue weighted by atomic mass is 31.2. The third kappa shape index (κ3) is 64.5.